The molecule has 2 nitrogen and oxygen atoms in total. The molecule has 2 rings (SSSR count). The van der Waals surface area contributed by atoms with Crippen molar-refractivity contribution in [3.63, 3.8) is 0 Å². The summed E-state index contributed by atoms with van der Waals surface area (Å²) in [5.74, 6) is 0.507. The molecular weight excluding hydrogens is 186 g/mol. The summed E-state index contributed by atoms with van der Waals surface area (Å²) >= 11 is 0. The Morgan fingerprint density at radius 3 is 2.80 bits per heavy atom. The maximum atomic E-state index is 5.40. The van der Waals surface area contributed by atoms with Crippen LogP contribution in [-0.2, 0) is 10.2 Å². The molecule has 2 heteroatoms. The zero-order chi connectivity index (χ0) is 10.9. The summed E-state index contributed by atoms with van der Waals surface area (Å²) in [5, 5.41) is 0. The average molecular weight is 205 g/mol. The van der Waals surface area contributed by atoms with Gasteiger partial charge in [-0.25, -0.2) is 0 Å². The molecule has 1 aliphatic rings. The molecule has 15 heavy (non-hydrogen) atoms. The fraction of sp³-hybridized carbons (Fsp3) is 0.615. The molecule has 0 aliphatic carbocycles. The van der Waals surface area contributed by atoms with Crippen molar-refractivity contribution in [1.29, 1.82) is 0 Å². The molecule has 0 bridgehead atoms. The summed E-state index contributed by atoms with van der Waals surface area (Å²) in [4.78, 5) is 4.45. The van der Waals surface area contributed by atoms with Crippen molar-refractivity contribution in [2.24, 2.45) is 0 Å². The Morgan fingerprint density at radius 2 is 2.20 bits per heavy atom. The minimum atomic E-state index is 0.206. The minimum Gasteiger partial charge on any atom is -0.381 e. The number of rotatable bonds is 1. The molecular formula is C13H19NO. The topological polar surface area (TPSA) is 22.1 Å². The van der Waals surface area contributed by atoms with E-state index in [9.17, 15) is 0 Å². The number of pyridine rings is 1. The second-order valence-electron chi connectivity index (χ2n) is 5.28. The Kier molecular flexibility index (Phi) is 2.79. The summed E-state index contributed by atoms with van der Waals surface area (Å²) in [6.45, 7) is 8.42. The highest BCUT2D eigenvalue weighted by atomic mass is 16.5. The van der Waals surface area contributed by atoms with Crippen LogP contribution < -0.4 is 0 Å². The van der Waals surface area contributed by atoms with Crippen LogP contribution in [0.15, 0.2) is 18.3 Å². The van der Waals surface area contributed by atoms with Crippen LogP contribution in [0.2, 0.25) is 0 Å². The van der Waals surface area contributed by atoms with Crippen molar-refractivity contribution in [3.8, 4) is 0 Å². The molecule has 82 valence electrons. The quantitative estimate of drug-likeness (QED) is 0.703. The van der Waals surface area contributed by atoms with E-state index in [4.69, 9.17) is 4.74 Å². The first-order valence-electron chi connectivity index (χ1n) is 5.61. The Morgan fingerprint density at radius 1 is 1.40 bits per heavy atom. The molecule has 0 saturated carbocycles. The average Bonchev–Trinajstić information content (AvgIpc) is 2.69. The smallest absolute Gasteiger partial charge is 0.0550 e. The van der Waals surface area contributed by atoms with Crippen LogP contribution in [0.25, 0.3) is 0 Å². The highest BCUT2D eigenvalue weighted by Gasteiger charge is 2.21. The van der Waals surface area contributed by atoms with Crippen molar-refractivity contribution in [3.05, 3.63) is 29.6 Å². The van der Waals surface area contributed by atoms with Crippen molar-refractivity contribution in [2.75, 3.05) is 13.2 Å². The second kappa shape index (κ2) is 3.93. The third-order valence-corrected chi connectivity index (χ3v) is 3.00. The molecule has 0 aromatic carbocycles. The number of aromatic nitrogens is 1. The number of ether oxygens (including phenoxy) is 1. The summed E-state index contributed by atoms with van der Waals surface area (Å²) in [6.07, 6.45) is 3.04. The van der Waals surface area contributed by atoms with Gasteiger partial charge in [0.1, 0.15) is 0 Å². The van der Waals surface area contributed by atoms with Gasteiger partial charge in [-0.3, -0.25) is 4.98 Å². The lowest BCUT2D eigenvalue weighted by Gasteiger charge is -2.20. The number of hydrogen-bond donors (Lipinski definition) is 0. The van der Waals surface area contributed by atoms with E-state index >= 15 is 0 Å². The zero-order valence-corrected chi connectivity index (χ0v) is 9.79. The Labute approximate surface area is 91.7 Å². The molecule has 0 radical (unpaired) electrons. The van der Waals surface area contributed by atoms with Gasteiger partial charge in [0.25, 0.3) is 0 Å². The van der Waals surface area contributed by atoms with Gasteiger partial charge >= 0.3 is 0 Å². The number of hydrogen-bond acceptors (Lipinski definition) is 2. The summed E-state index contributed by atoms with van der Waals surface area (Å²) < 4.78 is 5.40. The van der Waals surface area contributed by atoms with Gasteiger partial charge in [-0.05, 0) is 29.5 Å². The molecule has 1 atom stereocenters. The van der Waals surface area contributed by atoms with Crippen LogP contribution in [0.3, 0.4) is 0 Å². The monoisotopic (exact) mass is 205 g/mol. The van der Waals surface area contributed by atoms with Crippen molar-refractivity contribution < 1.29 is 4.74 Å². The molecule has 0 amide bonds. The predicted molar refractivity (Wildman–Crippen MR) is 61.1 cm³/mol. The van der Waals surface area contributed by atoms with Gasteiger partial charge in [0.15, 0.2) is 0 Å². The van der Waals surface area contributed by atoms with Crippen LogP contribution in [0.5, 0.6) is 0 Å². The molecule has 1 fully saturated rings. The van der Waals surface area contributed by atoms with E-state index in [2.05, 4.69) is 37.9 Å². The van der Waals surface area contributed by atoms with Crippen molar-refractivity contribution >= 4 is 0 Å². The van der Waals surface area contributed by atoms with E-state index in [-0.39, 0.29) is 5.41 Å². The predicted octanol–water partition coefficient (Wildman–Crippen LogP) is 2.88. The van der Waals surface area contributed by atoms with E-state index in [0.29, 0.717) is 5.92 Å². The van der Waals surface area contributed by atoms with Gasteiger partial charge in [-0.2, -0.15) is 0 Å². The van der Waals surface area contributed by atoms with Crippen LogP contribution in [0, 0.1) is 0 Å². The fourth-order valence-electron chi connectivity index (χ4n) is 1.91. The normalized spacial score (nSPS) is 21.9. The third kappa shape index (κ3) is 2.37. The summed E-state index contributed by atoms with van der Waals surface area (Å²) in [6, 6.07) is 4.35. The molecule has 0 spiro atoms. The van der Waals surface area contributed by atoms with E-state index < -0.39 is 0 Å². The van der Waals surface area contributed by atoms with Gasteiger partial charge in [0, 0.05) is 24.4 Å². The van der Waals surface area contributed by atoms with E-state index in [1.54, 1.807) is 0 Å². The van der Waals surface area contributed by atoms with Gasteiger partial charge in [-0.15, -0.1) is 0 Å². The standard InChI is InChI=1S/C13H19NO/c1-13(2,3)11-4-6-14-12(8-11)10-5-7-15-9-10/h4,6,8,10H,5,7,9H2,1-3H3. The van der Waals surface area contributed by atoms with E-state index in [0.717, 1.165) is 19.6 Å². The van der Waals surface area contributed by atoms with E-state index in [1.807, 2.05) is 6.20 Å². The second-order valence-corrected chi connectivity index (χ2v) is 5.28. The third-order valence-electron chi connectivity index (χ3n) is 3.00. The lowest BCUT2D eigenvalue weighted by atomic mass is 9.86. The first-order chi connectivity index (χ1) is 7.07. The molecule has 1 aliphatic heterocycles. The van der Waals surface area contributed by atoms with E-state index in [1.165, 1.54) is 11.3 Å². The first-order valence-corrected chi connectivity index (χ1v) is 5.61. The largest absolute Gasteiger partial charge is 0.381 e. The van der Waals surface area contributed by atoms with Crippen LogP contribution in [-0.4, -0.2) is 18.2 Å². The van der Waals surface area contributed by atoms with Crippen molar-refractivity contribution in [2.45, 2.75) is 38.5 Å². The summed E-state index contributed by atoms with van der Waals surface area (Å²) in [7, 11) is 0. The molecule has 1 unspecified atom stereocenters. The van der Waals surface area contributed by atoms with Crippen molar-refractivity contribution in [1.82, 2.24) is 4.98 Å². The molecule has 0 N–H and O–H groups in total. The van der Waals surface area contributed by atoms with Crippen LogP contribution >= 0.6 is 0 Å². The lowest BCUT2D eigenvalue weighted by Crippen LogP contribution is -2.12. The highest BCUT2D eigenvalue weighted by Crippen LogP contribution is 2.28. The van der Waals surface area contributed by atoms with Gasteiger partial charge in [-0.1, -0.05) is 20.8 Å². The molecule has 2 heterocycles. The highest BCUT2D eigenvalue weighted by molar-refractivity contribution is 5.25. The Bertz CT molecular complexity index is 335. The van der Waals surface area contributed by atoms with Gasteiger partial charge in [0.05, 0.1) is 6.61 Å². The molecule has 1 saturated heterocycles. The van der Waals surface area contributed by atoms with Gasteiger partial charge < -0.3 is 4.74 Å². The molecule has 1 aromatic rings. The lowest BCUT2D eigenvalue weighted by molar-refractivity contribution is 0.193. The Balaban J connectivity index is 2.26. The summed E-state index contributed by atoms with van der Waals surface area (Å²) in [5.41, 5.74) is 2.76. The maximum Gasteiger partial charge on any atom is 0.0550 e. The minimum absolute atomic E-state index is 0.206. The number of nitrogens with zero attached hydrogens (tertiary/aromatic N) is 1. The van der Waals surface area contributed by atoms with Crippen LogP contribution in [0.4, 0.5) is 0 Å². The Hall–Kier alpha value is -0.890. The maximum absolute atomic E-state index is 5.40. The zero-order valence-electron chi connectivity index (χ0n) is 9.79. The fourth-order valence-corrected chi connectivity index (χ4v) is 1.91. The van der Waals surface area contributed by atoms with Gasteiger partial charge in [0.2, 0.25) is 0 Å². The molecule has 1 aromatic heterocycles. The SMILES string of the molecule is CC(C)(C)c1ccnc(C2CCOC2)c1. The van der Waals surface area contributed by atoms with Crippen LogP contribution in [0.1, 0.15) is 44.4 Å². The first kappa shape index (κ1) is 10.6.